The number of rotatable bonds is 7. The summed E-state index contributed by atoms with van der Waals surface area (Å²) < 4.78 is 12.7. The molecule has 0 radical (unpaired) electrons. The van der Waals surface area contributed by atoms with E-state index in [-0.39, 0.29) is 6.03 Å². The van der Waals surface area contributed by atoms with Gasteiger partial charge in [0.05, 0.1) is 20.8 Å². The number of aromatic nitrogens is 1. The van der Waals surface area contributed by atoms with Crippen molar-refractivity contribution in [1.82, 2.24) is 9.88 Å². The smallest absolute Gasteiger partial charge is 0.319 e. The molecule has 0 aliphatic heterocycles. The van der Waals surface area contributed by atoms with Crippen molar-refractivity contribution in [2.45, 2.75) is 33.9 Å². The molecule has 0 unspecified atom stereocenters. The minimum Gasteiger partial charge on any atom is -0.493 e. The first kappa shape index (κ1) is 21.3. The summed E-state index contributed by atoms with van der Waals surface area (Å²) in [6.07, 6.45) is 2.04. The maximum absolute atomic E-state index is 12.4. The van der Waals surface area contributed by atoms with E-state index in [9.17, 15) is 4.79 Å². The van der Waals surface area contributed by atoms with Gasteiger partial charge in [-0.05, 0) is 61.7 Å². The van der Waals surface area contributed by atoms with Gasteiger partial charge in [0.15, 0.2) is 11.5 Å². The lowest BCUT2D eigenvalue weighted by Gasteiger charge is -2.15. The van der Waals surface area contributed by atoms with E-state index in [2.05, 4.69) is 48.1 Å². The van der Waals surface area contributed by atoms with E-state index < -0.39 is 0 Å². The molecule has 30 heavy (non-hydrogen) atoms. The minimum absolute atomic E-state index is 0.280. The highest BCUT2D eigenvalue weighted by Crippen LogP contribution is 2.29. The first-order chi connectivity index (χ1) is 14.4. The van der Waals surface area contributed by atoms with Crippen LogP contribution in [0.25, 0.3) is 0 Å². The fourth-order valence-electron chi connectivity index (χ4n) is 3.65. The van der Waals surface area contributed by atoms with Crippen molar-refractivity contribution in [1.29, 1.82) is 0 Å². The average molecular weight is 408 g/mol. The van der Waals surface area contributed by atoms with Gasteiger partial charge in [-0.3, -0.25) is 0 Å². The fourth-order valence-corrected chi connectivity index (χ4v) is 3.65. The molecule has 1 heterocycles. The quantitative estimate of drug-likeness (QED) is 0.591. The molecule has 0 saturated heterocycles. The van der Waals surface area contributed by atoms with Crippen LogP contribution in [-0.4, -0.2) is 24.8 Å². The van der Waals surface area contributed by atoms with Crippen LogP contribution in [0, 0.1) is 20.8 Å². The van der Waals surface area contributed by atoms with Gasteiger partial charge < -0.3 is 24.7 Å². The first-order valence-corrected chi connectivity index (χ1v) is 9.89. The van der Waals surface area contributed by atoms with Crippen LogP contribution >= 0.6 is 0 Å². The molecule has 2 amide bonds. The number of ether oxygens (including phenoxy) is 2. The van der Waals surface area contributed by atoms with Gasteiger partial charge in [-0.15, -0.1) is 0 Å². The van der Waals surface area contributed by atoms with E-state index >= 15 is 0 Å². The van der Waals surface area contributed by atoms with Gasteiger partial charge in [0.25, 0.3) is 0 Å². The third-order valence-corrected chi connectivity index (χ3v) is 5.16. The van der Waals surface area contributed by atoms with Crippen LogP contribution in [0.5, 0.6) is 11.5 Å². The molecule has 1 aromatic heterocycles. The lowest BCUT2D eigenvalue weighted by Crippen LogP contribution is -2.29. The Bertz CT molecular complexity index is 1020. The first-order valence-electron chi connectivity index (χ1n) is 9.89. The topological polar surface area (TPSA) is 64.5 Å². The van der Waals surface area contributed by atoms with Crippen molar-refractivity contribution >= 4 is 11.7 Å². The van der Waals surface area contributed by atoms with Gasteiger partial charge in [0.2, 0.25) is 0 Å². The summed E-state index contributed by atoms with van der Waals surface area (Å²) >= 11 is 0. The lowest BCUT2D eigenvalue weighted by atomic mass is 10.00. The van der Waals surface area contributed by atoms with Crippen molar-refractivity contribution in [2.75, 3.05) is 19.5 Å². The molecule has 158 valence electrons. The summed E-state index contributed by atoms with van der Waals surface area (Å²) in [5, 5.41) is 5.75. The molecule has 0 aliphatic carbocycles. The zero-order valence-corrected chi connectivity index (χ0v) is 18.2. The van der Waals surface area contributed by atoms with Crippen molar-refractivity contribution in [2.24, 2.45) is 0 Å². The number of nitrogens with one attached hydrogen (secondary N) is 2. The lowest BCUT2D eigenvalue weighted by molar-refractivity contribution is 0.251. The summed E-state index contributed by atoms with van der Waals surface area (Å²) in [7, 11) is 3.14. The van der Waals surface area contributed by atoms with Crippen LogP contribution in [0.1, 0.15) is 27.9 Å². The number of nitrogens with zero attached hydrogens (tertiary/aromatic N) is 1. The van der Waals surface area contributed by atoms with Crippen molar-refractivity contribution in [3.05, 3.63) is 76.6 Å². The standard InChI is InChI=1S/C24H29N3O3/c1-16-11-17(2)21(18(3)12-16)15-27-10-6-7-20(27)14-25-24(28)26-19-8-9-22(29-4)23(13-19)30-5/h6-13H,14-15H2,1-5H3,(H2,25,26,28). The van der Waals surface area contributed by atoms with E-state index in [1.54, 1.807) is 32.4 Å². The van der Waals surface area contributed by atoms with Gasteiger partial charge in [0.1, 0.15) is 0 Å². The van der Waals surface area contributed by atoms with Gasteiger partial charge in [0, 0.05) is 30.2 Å². The van der Waals surface area contributed by atoms with Gasteiger partial charge in [-0.25, -0.2) is 4.79 Å². The highest BCUT2D eigenvalue weighted by atomic mass is 16.5. The van der Waals surface area contributed by atoms with Crippen LogP contribution in [-0.2, 0) is 13.1 Å². The predicted octanol–water partition coefficient (Wildman–Crippen LogP) is 4.80. The number of methoxy groups -OCH3 is 2. The molecule has 3 aromatic rings. The molecule has 2 N–H and O–H groups in total. The summed E-state index contributed by atoms with van der Waals surface area (Å²) in [5.41, 5.74) is 6.82. The number of anilines is 1. The number of benzene rings is 2. The van der Waals surface area contributed by atoms with Gasteiger partial charge in [-0.1, -0.05) is 17.7 Å². The predicted molar refractivity (Wildman–Crippen MR) is 120 cm³/mol. The van der Waals surface area contributed by atoms with Crippen molar-refractivity contribution in [3.8, 4) is 11.5 Å². The molecule has 0 spiro atoms. The molecular weight excluding hydrogens is 378 g/mol. The number of hydrogen-bond donors (Lipinski definition) is 2. The summed E-state index contributed by atoms with van der Waals surface area (Å²) in [4.78, 5) is 12.4. The Labute approximate surface area is 177 Å². The van der Waals surface area contributed by atoms with E-state index in [1.165, 1.54) is 22.3 Å². The van der Waals surface area contributed by atoms with E-state index in [1.807, 2.05) is 18.3 Å². The van der Waals surface area contributed by atoms with Crippen molar-refractivity contribution < 1.29 is 14.3 Å². The highest BCUT2D eigenvalue weighted by molar-refractivity contribution is 5.89. The monoisotopic (exact) mass is 407 g/mol. The Kier molecular flexibility index (Phi) is 6.67. The number of carbonyl (C=O) groups is 1. The Morgan fingerprint density at radius 1 is 0.967 bits per heavy atom. The second kappa shape index (κ2) is 9.39. The molecule has 0 aliphatic rings. The number of hydrogen-bond acceptors (Lipinski definition) is 3. The average Bonchev–Trinajstić information content (AvgIpc) is 3.16. The fraction of sp³-hybridized carbons (Fsp3) is 0.292. The highest BCUT2D eigenvalue weighted by Gasteiger charge is 2.10. The summed E-state index contributed by atoms with van der Waals surface area (Å²) in [6.45, 7) is 7.61. The number of aryl methyl sites for hydroxylation is 3. The third kappa shape index (κ3) is 4.95. The SMILES string of the molecule is COc1ccc(NC(=O)NCc2cccn2Cc2c(C)cc(C)cc2C)cc1OC. The minimum atomic E-state index is -0.280. The Balaban J connectivity index is 1.64. The molecule has 0 fully saturated rings. The molecule has 6 nitrogen and oxygen atoms in total. The summed E-state index contributed by atoms with van der Waals surface area (Å²) in [5.74, 6) is 1.18. The molecule has 0 atom stereocenters. The number of amides is 2. The second-order valence-electron chi connectivity index (χ2n) is 7.38. The normalized spacial score (nSPS) is 10.6. The van der Waals surface area contributed by atoms with Crippen LogP contribution in [0.4, 0.5) is 10.5 Å². The number of urea groups is 1. The molecule has 0 bridgehead atoms. The summed E-state index contributed by atoms with van der Waals surface area (Å²) in [6, 6.07) is 13.4. The Morgan fingerprint density at radius 2 is 1.67 bits per heavy atom. The van der Waals surface area contributed by atoms with Gasteiger partial charge >= 0.3 is 6.03 Å². The van der Waals surface area contributed by atoms with Crippen LogP contribution < -0.4 is 20.1 Å². The van der Waals surface area contributed by atoms with Gasteiger partial charge in [-0.2, -0.15) is 0 Å². The van der Waals surface area contributed by atoms with Crippen molar-refractivity contribution in [3.63, 3.8) is 0 Å². The molecule has 0 saturated carbocycles. The maximum Gasteiger partial charge on any atom is 0.319 e. The van der Waals surface area contributed by atoms with Crippen LogP contribution in [0.3, 0.4) is 0 Å². The molecule has 3 rings (SSSR count). The van der Waals surface area contributed by atoms with Crippen LogP contribution in [0.15, 0.2) is 48.7 Å². The molecule has 6 heteroatoms. The zero-order valence-electron chi connectivity index (χ0n) is 18.2. The van der Waals surface area contributed by atoms with E-state index in [0.29, 0.717) is 23.7 Å². The van der Waals surface area contributed by atoms with E-state index in [0.717, 1.165) is 12.2 Å². The Morgan fingerprint density at radius 3 is 2.33 bits per heavy atom. The van der Waals surface area contributed by atoms with E-state index in [4.69, 9.17) is 9.47 Å². The largest absolute Gasteiger partial charge is 0.493 e. The van der Waals surface area contributed by atoms with Crippen LogP contribution in [0.2, 0.25) is 0 Å². The number of carbonyl (C=O) groups excluding carboxylic acids is 1. The third-order valence-electron chi connectivity index (χ3n) is 5.16. The molecular formula is C24H29N3O3. The molecule has 2 aromatic carbocycles. The second-order valence-corrected chi connectivity index (χ2v) is 7.38. The maximum atomic E-state index is 12.4. The Hall–Kier alpha value is -3.41. The zero-order chi connectivity index (χ0) is 21.7.